The first kappa shape index (κ1) is 14.4. The summed E-state index contributed by atoms with van der Waals surface area (Å²) in [7, 11) is 1.67. The van der Waals surface area contributed by atoms with Gasteiger partial charge in [0.2, 0.25) is 0 Å². The van der Waals surface area contributed by atoms with Crippen LogP contribution in [0.15, 0.2) is 24.7 Å². The summed E-state index contributed by atoms with van der Waals surface area (Å²) in [5.41, 5.74) is 3.31. The van der Waals surface area contributed by atoms with Gasteiger partial charge in [0.1, 0.15) is 5.75 Å². The van der Waals surface area contributed by atoms with Crippen LogP contribution in [-0.2, 0) is 5.41 Å². The number of hydrogen-bond donors (Lipinski definition) is 1. The molecule has 1 N–H and O–H groups in total. The number of rotatable bonds is 3. The molecule has 1 aliphatic rings. The lowest BCUT2D eigenvalue weighted by Crippen LogP contribution is -2.27. The van der Waals surface area contributed by atoms with Gasteiger partial charge in [-0.2, -0.15) is 0 Å². The molecule has 1 atom stereocenters. The van der Waals surface area contributed by atoms with Gasteiger partial charge in [-0.3, -0.25) is 4.57 Å². The fourth-order valence-corrected chi connectivity index (χ4v) is 3.12. The summed E-state index contributed by atoms with van der Waals surface area (Å²) < 4.78 is 7.63. The monoisotopic (exact) mass is 305 g/mol. The van der Waals surface area contributed by atoms with E-state index in [-0.39, 0.29) is 5.41 Å². The SMILES string of the molecule is COc1cc(Cl)c(C)cc1-n1cncc1C1(C)CCNC1. The van der Waals surface area contributed by atoms with Crippen molar-refractivity contribution in [1.82, 2.24) is 14.9 Å². The van der Waals surface area contributed by atoms with Crippen molar-refractivity contribution in [2.45, 2.75) is 25.7 Å². The molecule has 1 fully saturated rings. The lowest BCUT2D eigenvalue weighted by atomic mass is 9.86. The fourth-order valence-electron chi connectivity index (χ4n) is 2.97. The third kappa shape index (κ3) is 2.43. The third-order valence-electron chi connectivity index (χ3n) is 4.35. The highest BCUT2D eigenvalue weighted by Crippen LogP contribution is 2.35. The lowest BCUT2D eigenvalue weighted by Gasteiger charge is -2.25. The van der Waals surface area contributed by atoms with Crippen LogP contribution in [0.3, 0.4) is 0 Å². The minimum atomic E-state index is 0.0923. The molecule has 1 unspecified atom stereocenters. The summed E-state index contributed by atoms with van der Waals surface area (Å²) in [5, 5.41) is 4.15. The quantitative estimate of drug-likeness (QED) is 0.947. The second-order valence-electron chi connectivity index (χ2n) is 5.91. The van der Waals surface area contributed by atoms with Crippen LogP contribution >= 0.6 is 11.6 Å². The molecule has 112 valence electrons. The maximum atomic E-state index is 6.21. The molecule has 0 radical (unpaired) electrons. The molecule has 0 amide bonds. The summed E-state index contributed by atoms with van der Waals surface area (Å²) in [6, 6.07) is 3.92. The van der Waals surface area contributed by atoms with Gasteiger partial charge in [-0.25, -0.2) is 4.98 Å². The van der Waals surface area contributed by atoms with Crippen molar-refractivity contribution in [1.29, 1.82) is 0 Å². The van der Waals surface area contributed by atoms with Crippen molar-refractivity contribution in [3.05, 3.63) is 40.9 Å². The van der Waals surface area contributed by atoms with Gasteiger partial charge in [0.25, 0.3) is 0 Å². The second-order valence-corrected chi connectivity index (χ2v) is 6.32. The molecule has 2 heterocycles. The summed E-state index contributed by atoms with van der Waals surface area (Å²) in [4.78, 5) is 4.36. The van der Waals surface area contributed by atoms with Gasteiger partial charge in [-0.1, -0.05) is 18.5 Å². The molecule has 5 heteroatoms. The van der Waals surface area contributed by atoms with Crippen molar-refractivity contribution in [3.8, 4) is 11.4 Å². The molecule has 0 saturated carbocycles. The van der Waals surface area contributed by atoms with Gasteiger partial charge in [0.05, 0.1) is 19.1 Å². The third-order valence-corrected chi connectivity index (χ3v) is 4.75. The summed E-state index contributed by atoms with van der Waals surface area (Å²) >= 11 is 6.21. The van der Waals surface area contributed by atoms with E-state index in [4.69, 9.17) is 16.3 Å². The molecule has 21 heavy (non-hydrogen) atoms. The van der Waals surface area contributed by atoms with E-state index in [0.717, 1.165) is 36.5 Å². The van der Waals surface area contributed by atoms with Crippen molar-refractivity contribution in [3.63, 3.8) is 0 Å². The Bertz CT molecular complexity index is 660. The molecular formula is C16H20ClN3O. The first-order chi connectivity index (χ1) is 10.0. The van der Waals surface area contributed by atoms with Crippen LogP contribution in [0.25, 0.3) is 5.69 Å². The predicted molar refractivity (Wildman–Crippen MR) is 84.7 cm³/mol. The van der Waals surface area contributed by atoms with Crippen LogP contribution in [0.5, 0.6) is 5.75 Å². The smallest absolute Gasteiger partial charge is 0.144 e. The Morgan fingerprint density at radius 2 is 2.24 bits per heavy atom. The van der Waals surface area contributed by atoms with Crippen LogP contribution < -0.4 is 10.1 Å². The topological polar surface area (TPSA) is 39.1 Å². The highest BCUT2D eigenvalue weighted by atomic mass is 35.5. The maximum absolute atomic E-state index is 6.21. The molecule has 0 bridgehead atoms. The first-order valence-electron chi connectivity index (χ1n) is 7.13. The molecule has 1 aliphatic heterocycles. The predicted octanol–water partition coefficient (Wildman–Crippen LogP) is 3.09. The number of hydrogen-bond acceptors (Lipinski definition) is 3. The van der Waals surface area contributed by atoms with Gasteiger partial charge < -0.3 is 10.1 Å². The normalized spacial score (nSPS) is 21.7. The molecule has 4 nitrogen and oxygen atoms in total. The van der Waals surface area contributed by atoms with Gasteiger partial charge in [0.15, 0.2) is 0 Å². The van der Waals surface area contributed by atoms with Crippen molar-refractivity contribution >= 4 is 11.6 Å². The molecule has 0 aliphatic carbocycles. The molecule has 1 aromatic heterocycles. The minimum Gasteiger partial charge on any atom is -0.495 e. The van der Waals surface area contributed by atoms with Crippen molar-refractivity contribution in [2.75, 3.05) is 20.2 Å². The number of nitrogens with zero attached hydrogens (tertiary/aromatic N) is 2. The molecule has 0 spiro atoms. The van der Waals surface area contributed by atoms with E-state index in [9.17, 15) is 0 Å². The van der Waals surface area contributed by atoms with Gasteiger partial charge in [0, 0.05) is 34.9 Å². The molecule has 1 saturated heterocycles. The number of aryl methyl sites for hydroxylation is 1. The number of methoxy groups -OCH3 is 1. The summed E-state index contributed by atoms with van der Waals surface area (Å²) in [5.74, 6) is 0.763. The average Bonchev–Trinajstić information content (AvgIpc) is 3.10. The lowest BCUT2D eigenvalue weighted by molar-refractivity contribution is 0.411. The average molecular weight is 306 g/mol. The zero-order chi connectivity index (χ0) is 15.0. The number of aromatic nitrogens is 2. The second kappa shape index (κ2) is 5.35. The van der Waals surface area contributed by atoms with Crippen molar-refractivity contribution < 1.29 is 4.74 Å². The highest BCUT2D eigenvalue weighted by molar-refractivity contribution is 6.31. The first-order valence-corrected chi connectivity index (χ1v) is 7.51. The Morgan fingerprint density at radius 3 is 2.90 bits per heavy atom. The number of ether oxygens (including phenoxy) is 1. The van der Waals surface area contributed by atoms with Crippen molar-refractivity contribution in [2.24, 2.45) is 0 Å². The van der Waals surface area contributed by atoms with Crippen LogP contribution in [0.1, 0.15) is 24.6 Å². The van der Waals surface area contributed by atoms with Crippen LogP contribution in [0.2, 0.25) is 5.02 Å². The molecule has 3 rings (SSSR count). The van der Waals surface area contributed by atoms with Gasteiger partial charge >= 0.3 is 0 Å². The van der Waals surface area contributed by atoms with Crippen LogP contribution in [-0.4, -0.2) is 29.8 Å². The number of imidazole rings is 1. The Labute approximate surface area is 130 Å². The highest BCUT2D eigenvalue weighted by Gasteiger charge is 2.34. The van der Waals surface area contributed by atoms with E-state index in [1.807, 2.05) is 25.5 Å². The van der Waals surface area contributed by atoms with Gasteiger partial charge in [-0.05, 0) is 31.5 Å². The van der Waals surface area contributed by atoms with Crippen LogP contribution in [0, 0.1) is 6.92 Å². The Hall–Kier alpha value is -1.52. The minimum absolute atomic E-state index is 0.0923. The summed E-state index contributed by atoms with van der Waals surface area (Å²) in [6.07, 6.45) is 4.91. The number of benzene rings is 1. The Morgan fingerprint density at radius 1 is 1.43 bits per heavy atom. The summed E-state index contributed by atoms with van der Waals surface area (Å²) in [6.45, 7) is 6.28. The van der Waals surface area contributed by atoms with E-state index in [1.165, 1.54) is 5.69 Å². The molecule has 1 aromatic carbocycles. The number of nitrogens with one attached hydrogen (secondary N) is 1. The number of halogens is 1. The maximum Gasteiger partial charge on any atom is 0.144 e. The zero-order valence-electron chi connectivity index (χ0n) is 12.6. The molecule has 2 aromatic rings. The van der Waals surface area contributed by atoms with E-state index in [0.29, 0.717) is 5.02 Å². The van der Waals surface area contributed by atoms with Gasteiger partial charge in [-0.15, -0.1) is 0 Å². The van der Waals surface area contributed by atoms with E-state index in [1.54, 1.807) is 7.11 Å². The molecular weight excluding hydrogens is 286 g/mol. The fraction of sp³-hybridized carbons (Fsp3) is 0.438. The van der Waals surface area contributed by atoms with E-state index in [2.05, 4.69) is 27.9 Å². The zero-order valence-corrected chi connectivity index (χ0v) is 13.4. The largest absolute Gasteiger partial charge is 0.495 e. The van der Waals surface area contributed by atoms with Crippen LogP contribution in [0.4, 0.5) is 0 Å². The van der Waals surface area contributed by atoms with E-state index >= 15 is 0 Å². The Kier molecular flexibility index (Phi) is 3.68. The standard InChI is InChI=1S/C16H20ClN3O/c1-11-6-13(14(21-3)7-12(11)17)20-10-19-8-15(20)16(2)4-5-18-9-16/h6-8,10,18H,4-5,9H2,1-3H3. The van der Waals surface area contributed by atoms with E-state index < -0.39 is 0 Å². The Balaban J connectivity index is 2.14.